The molecule has 3 saturated heterocycles. The van der Waals surface area contributed by atoms with Crippen LogP contribution in [-0.4, -0.2) is 178 Å². The molecule has 4 heterocycles. The summed E-state index contributed by atoms with van der Waals surface area (Å²) < 4.78 is 97.3. The van der Waals surface area contributed by atoms with Crippen LogP contribution in [0.5, 0.6) is 0 Å². The van der Waals surface area contributed by atoms with E-state index in [-0.39, 0.29) is 61.2 Å². The van der Waals surface area contributed by atoms with Gasteiger partial charge >= 0.3 is 5.51 Å². The molecule has 1 aliphatic carbocycles. The predicted octanol–water partition coefficient (Wildman–Crippen LogP) is 10.5. The van der Waals surface area contributed by atoms with Crippen LogP contribution >= 0.6 is 22.9 Å². The number of nitrogens with zero attached hydrogens (tertiary/aromatic N) is 6. The number of unbranched alkanes of at least 4 members (excludes halogenated alkanes) is 4. The molecule has 4 aromatic carbocycles. The number of allylic oxidation sites excluding steroid dienone is 1. The van der Waals surface area contributed by atoms with Crippen LogP contribution in [0, 0.1) is 17.8 Å². The highest BCUT2D eigenvalue weighted by Crippen LogP contribution is 2.43. The summed E-state index contributed by atoms with van der Waals surface area (Å²) in [6, 6.07) is 22.6. The van der Waals surface area contributed by atoms with Crippen molar-refractivity contribution < 1.29 is 59.1 Å². The van der Waals surface area contributed by atoms with E-state index in [0.29, 0.717) is 82.6 Å². The summed E-state index contributed by atoms with van der Waals surface area (Å²) in [5.41, 5.74) is 2.71. The van der Waals surface area contributed by atoms with E-state index < -0.39 is 76.3 Å². The Bertz CT molecular complexity index is 3890. The van der Waals surface area contributed by atoms with E-state index in [2.05, 4.69) is 61.6 Å². The van der Waals surface area contributed by atoms with Gasteiger partial charge in [-0.3, -0.25) is 33.8 Å². The van der Waals surface area contributed by atoms with Crippen LogP contribution < -0.4 is 25.6 Å². The van der Waals surface area contributed by atoms with Crippen LogP contribution in [0.1, 0.15) is 139 Å². The van der Waals surface area contributed by atoms with Crippen LogP contribution in [0.15, 0.2) is 112 Å². The number of aliphatic hydroxyl groups excluding tert-OH is 1. The number of thiazole rings is 1. The number of benzene rings is 4. The highest BCUT2D eigenvalue weighted by atomic mass is 35.5. The lowest BCUT2D eigenvalue weighted by atomic mass is 9.73. The molecule has 1 aromatic heterocycles. The zero-order valence-corrected chi connectivity index (χ0v) is 59.9. The Hall–Kier alpha value is -6.94. The van der Waals surface area contributed by atoms with Crippen LogP contribution in [0.25, 0.3) is 16.0 Å². The number of β-amino-alcohol motifs (C(OH)–C–C–N with tert-alkyl or cyclic N) is 1. The molecule has 0 unspecified atom stereocenters. The van der Waals surface area contributed by atoms with Gasteiger partial charge in [0.1, 0.15) is 17.0 Å². The highest BCUT2D eigenvalue weighted by molar-refractivity contribution is 7.92. The fourth-order valence-corrected chi connectivity index (χ4v) is 16.2. The number of sulfonamides is 1. The molecule has 0 spiro atoms. The standard InChI is InChI=1S/C71H92ClF3N10O10S3/c1-48-64(96-47-78-48)51-17-15-49(16-18-51)44-77-67(90)60-41-56(86)46-85(60)68(91)65(69(2,3)4)79-62(87)13-10-8-7-9-11-14-63(88)84-39-33-81(34-40-84)32-12-31-76-59-28-27-57(42-61(59)97(92,93)71(73,74)75)98(94,95)80-66(89)52-21-25-55(26-22-52)83-37-35-82(36-38-83)45-53-43-70(5,6)30-29-58(53)50-19-23-54(72)24-20-50/h15-28,42,47,56,60,65,76,86H,7-14,29-41,43-46H2,1-6H3,(H,77,90)(H,79,87)(H,80,89)/t56-,60+,65-/m1/s1. The fraction of sp³-hybridized carbons (Fsp3) is 0.521. The molecule has 9 rings (SSSR count). The first-order valence-corrected chi connectivity index (χ1v) is 37.9. The van der Waals surface area contributed by atoms with Gasteiger partial charge in [-0.25, -0.2) is 26.5 Å². The van der Waals surface area contributed by atoms with Crippen LogP contribution in [0.2, 0.25) is 5.02 Å². The Morgan fingerprint density at radius 2 is 1.43 bits per heavy atom. The number of nitrogens with one attached hydrogen (secondary N) is 4. The van der Waals surface area contributed by atoms with Crippen molar-refractivity contribution in [3.63, 3.8) is 0 Å². The number of amides is 5. The molecule has 0 saturated carbocycles. The zero-order valence-electron chi connectivity index (χ0n) is 56.7. The van der Waals surface area contributed by atoms with Crippen LogP contribution in [0.4, 0.5) is 24.5 Å². The van der Waals surface area contributed by atoms with Crippen molar-refractivity contribution >= 4 is 89.3 Å². The second-order valence-electron chi connectivity index (χ2n) is 28.0. The number of carbonyl (C=O) groups is 5. The molecule has 27 heteroatoms. The molecule has 3 aliphatic heterocycles. The largest absolute Gasteiger partial charge is 0.501 e. The molecule has 0 radical (unpaired) electrons. The van der Waals surface area contributed by atoms with Gasteiger partial charge in [-0.05, 0) is 140 Å². The minimum absolute atomic E-state index is 0.0117. The van der Waals surface area contributed by atoms with Gasteiger partial charge < -0.3 is 35.8 Å². The van der Waals surface area contributed by atoms with E-state index in [4.69, 9.17) is 11.6 Å². The molecule has 20 nitrogen and oxygen atoms in total. The molecule has 5 amide bonds. The molecule has 4 aliphatic rings. The van der Waals surface area contributed by atoms with Gasteiger partial charge in [0, 0.05) is 114 Å². The molecule has 5 N–H and O–H groups in total. The van der Waals surface area contributed by atoms with E-state index in [1.54, 1.807) is 33.9 Å². The van der Waals surface area contributed by atoms with Crippen LogP contribution in [0.3, 0.4) is 0 Å². The summed E-state index contributed by atoms with van der Waals surface area (Å²) in [4.78, 5) is 80.6. The molecule has 5 aromatic rings. The van der Waals surface area contributed by atoms with Crippen molar-refractivity contribution in [2.45, 2.75) is 159 Å². The predicted molar refractivity (Wildman–Crippen MR) is 376 cm³/mol. The zero-order chi connectivity index (χ0) is 70.7. The number of carbonyl (C=O) groups excluding carboxylic acids is 5. The first kappa shape index (κ1) is 75.3. The van der Waals surface area contributed by atoms with Gasteiger partial charge in [-0.2, -0.15) is 13.2 Å². The lowest BCUT2D eigenvalue weighted by Crippen LogP contribution is -2.57. The van der Waals surface area contributed by atoms with E-state index in [9.17, 15) is 59.1 Å². The Balaban J connectivity index is 0.662. The summed E-state index contributed by atoms with van der Waals surface area (Å²) in [5.74, 6) is -2.16. The Labute approximate surface area is 583 Å². The number of halogens is 4. The maximum Gasteiger partial charge on any atom is 0.501 e. The number of hydrogen-bond acceptors (Lipinski definition) is 16. The minimum atomic E-state index is -6.08. The number of piperazine rings is 2. The topological polar surface area (TPSA) is 251 Å². The number of alkyl halides is 3. The average Bonchev–Trinajstić information content (AvgIpc) is 1.08. The van der Waals surface area contributed by atoms with Crippen molar-refractivity contribution in [3.05, 3.63) is 129 Å². The quantitative estimate of drug-likeness (QED) is 0.0307. The van der Waals surface area contributed by atoms with Crippen molar-refractivity contribution in [1.82, 2.24) is 39.9 Å². The molecule has 3 fully saturated rings. The van der Waals surface area contributed by atoms with E-state index >= 15 is 0 Å². The fourth-order valence-electron chi connectivity index (χ4n) is 13.2. The number of rotatable bonds is 27. The smallest absolute Gasteiger partial charge is 0.391 e. The number of likely N-dealkylation sites (tertiary alicyclic amines) is 1. The second-order valence-corrected chi connectivity index (χ2v) is 32.9. The summed E-state index contributed by atoms with van der Waals surface area (Å²) >= 11 is 7.76. The highest BCUT2D eigenvalue weighted by Gasteiger charge is 2.49. The first-order valence-electron chi connectivity index (χ1n) is 33.7. The maximum absolute atomic E-state index is 14.1. The molecular weight excluding hydrogens is 1340 g/mol. The molecule has 532 valence electrons. The number of hydrogen-bond donors (Lipinski definition) is 5. The summed E-state index contributed by atoms with van der Waals surface area (Å²) in [6.07, 6.45) is 6.68. The monoisotopic (exact) mass is 1430 g/mol. The summed E-state index contributed by atoms with van der Waals surface area (Å²) in [5, 5.41) is 19.9. The third-order valence-corrected chi connectivity index (χ3v) is 23.0. The second kappa shape index (κ2) is 32.6. The average molecular weight is 1430 g/mol. The van der Waals surface area contributed by atoms with Crippen molar-refractivity contribution in [2.75, 3.05) is 88.8 Å². The third-order valence-electron chi connectivity index (χ3n) is 18.9. The normalized spacial score (nSPS) is 18.5. The molecular formula is C71H92ClF3N10O10S3. The van der Waals surface area contributed by atoms with Crippen molar-refractivity contribution in [3.8, 4) is 10.4 Å². The summed E-state index contributed by atoms with van der Waals surface area (Å²) in [6.45, 7) is 18.6. The van der Waals surface area contributed by atoms with E-state index in [1.807, 2.05) is 68.8 Å². The Kier molecular flexibility index (Phi) is 25.0. The van der Waals surface area contributed by atoms with Crippen molar-refractivity contribution in [2.24, 2.45) is 10.8 Å². The number of anilines is 2. The number of aromatic nitrogens is 1. The van der Waals surface area contributed by atoms with Gasteiger partial charge in [0.15, 0.2) is 0 Å². The van der Waals surface area contributed by atoms with Gasteiger partial charge in [-0.15, -0.1) is 11.3 Å². The number of aryl methyl sites for hydroxylation is 1. The van der Waals surface area contributed by atoms with Gasteiger partial charge in [0.25, 0.3) is 25.8 Å². The first-order chi connectivity index (χ1) is 46.4. The number of sulfone groups is 1. The Morgan fingerprint density at radius 3 is 2.07 bits per heavy atom. The molecule has 0 bridgehead atoms. The van der Waals surface area contributed by atoms with Crippen molar-refractivity contribution in [1.29, 1.82) is 0 Å². The molecule has 3 atom stereocenters. The minimum Gasteiger partial charge on any atom is -0.391 e. The maximum atomic E-state index is 14.1. The van der Waals surface area contributed by atoms with Crippen LogP contribution in [-0.2, 0) is 45.6 Å². The van der Waals surface area contributed by atoms with E-state index in [0.717, 1.165) is 97.7 Å². The molecule has 98 heavy (non-hydrogen) atoms. The number of aliphatic hydroxyl groups is 1. The van der Waals surface area contributed by atoms with Gasteiger partial charge in [0.2, 0.25) is 23.6 Å². The van der Waals surface area contributed by atoms with Gasteiger partial charge in [-0.1, -0.05) is 107 Å². The summed E-state index contributed by atoms with van der Waals surface area (Å²) in [7, 11) is -11.0. The van der Waals surface area contributed by atoms with Gasteiger partial charge in [0.05, 0.1) is 32.8 Å². The lowest BCUT2D eigenvalue weighted by molar-refractivity contribution is -0.144. The lowest BCUT2D eigenvalue weighted by Gasteiger charge is -2.39. The third kappa shape index (κ3) is 19.7. The SMILES string of the molecule is Cc1ncsc1-c1ccc(CNC(=O)[C@@H]2C[C@@H](O)CN2C(=O)[C@@H](NC(=O)CCCCCCCC(=O)N2CCN(CCCNc3ccc(S(=O)(=O)NC(=O)c4ccc(N5CCN(CC6=C(c7ccc(Cl)cc7)CCC(C)(C)C6)CC5)cc4)cc3S(=O)(=O)C(F)(F)F)CC2)C(C)(C)C)cc1. The Morgan fingerprint density at radius 1 is 0.786 bits per heavy atom. The van der Waals surface area contributed by atoms with E-state index in [1.165, 1.54) is 33.7 Å².